The fourth-order valence-electron chi connectivity index (χ4n) is 3.61. The summed E-state index contributed by atoms with van der Waals surface area (Å²) in [4.78, 5) is 0. The standard InChI is InChI=1S/C15H29N/c1-13(14-8-4-5-9-14)16-12-15(2)10-6-3-7-11-15/h13-14,16H,3-12H2,1-2H3. The number of nitrogens with one attached hydrogen (secondary N) is 1. The van der Waals surface area contributed by atoms with Gasteiger partial charge in [0.25, 0.3) is 0 Å². The molecule has 0 aromatic carbocycles. The van der Waals surface area contributed by atoms with E-state index >= 15 is 0 Å². The fourth-order valence-corrected chi connectivity index (χ4v) is 3.61. The maximum absolute atomic E-state index is 3.83. The summed E-state index contributed by atoms with van der Waals surface area (Å²) in [7, 11) is 0. The molecule has 1 nitrogen and oxygen atoms in total. The van der Waals surface area contributed by atoms with Gasteiger partial charge < -0.3 is 5.32 Å². The lowest BCUT2D eigenvalue weighted by Crippen LogP contribution is -2.40. The van der Waals surface area contributed by atoms with E-state index in [1.54, 1.807) is 0 Å². The summed E-state index contributed by atoms with van der Waals surface area (Å²) in [5.74, 6) is 0.965. The second-order valence-electron chi connectivity index (χ2n) is 6.59. The van der Waals surface area contributed by atoms with Gasteiger partial charge in [-0.25, -0.2) is 0 Å². The average Bonchev–Trinajstić information content (AvgIpc) is 2.80. The molecule has 0 heterocycles. The van der Waals surface area contributed by atoms with E-state index in [9.17, 15) is 0 Å². The zero-order valence-corrected chi connectivity index (χ0v) is 11.2. The minimum Gasteiger partial charge on any atom is -0.313 e. The first-order valence-electron chi connectivity index (χ1n) is 7.43. The van der Waals surface area contributed by atoms with E-state index in [4.69, 9.17) is 0 Å². The molecule has 0 aromatic heterocycles. The van der Waals surface area contributed by atoms with E-state index in [1.165, 1.54) is 64.3 Å². The maximum atomic E-state index is 3.83. The summed E-state index contributed by atoms with van der Waals surface area (Å²) < 4.78 is 0. The van der Waals surface area contributed by atoms with Crippen LogP contribution in [-0.2, 0) is 0 Å². The van der Waals surface area contributed by atoms with Gasteiger partial charge in [0.1, 0.15) is 0 Å². The summed E-state index contributed by atoms with van der Waals surface area (Å²) in [6, 6.07) is 0.751. The van der Waals surface area contributed by atoms with Crippen molar-refractivity contribution in [2.75, 3.05) is 6.54 Å². The van der Waals surface area contributed by atoms with Crippen molar-refractivity contribution < 1.29 is 0 Å². The zero-order valence-electron chi connectivity index (χ0n) is 11.2. The summed E-state index contributed by atoms with van der Waals surface area (Å²) in [5.41, 5.74) is 0.602. The summed E-state index contributed by atoms with van der Waals surface area (Å²) >= 11 is 0. The molecule has 0 saturated heterocycles. The normalized spacial score (nSPS) is 28.1. The Labute approximate surface area is 101 Å². The van der Waals surface area contributed by atoms with Gasteiger partial charge in [-0.2, -0.15) is 0 Å². The van der Waals surface area contributed by atoms with Gasteiger partial charge in [0.2, 0.25) is 0 Å². The second-order valence-corrected chi connectivity index (χ2v) is 6.59. The Hall–Kier alpha value is -0.0400. The molecule has 2 saturated carbocycles. The van der Waals surface area contributed by atoms with Crippen LogP contribution in [0.1, 0.15) is 71.6 Å². The van der Waals surface area contributed by atoms with Gasteiger partial charge in [0.05, 0.1) is 0 Å². The van der Waals surface area contributed by atoms with Gasteiger partial charge in [-0.15, -0.1) is 0 Å². The molecule has 1 unspecified atom stereocenters. The smallest absolute Gasteiger partial charge is 0.00672 e. The molecule has 0 spiro atoms. The van der Waals surface area contributed by atoms with Crippen LogP contribution in [0.3, 0.4) is 0 Å². The van der Waals surface area contributed by atoms with E-state index in [0.717, 1.165) is 12.0 Å². The molecule has 16 heavy (non-hydrogen) atoms. The minimum atomic E-state index is 0.602. The molecule has 0 bridgehead atoms. The molecular weight excluding hydrogens is 194 g/mol. The molecule has 1 heteroatoms. The Balaban J connectivity index is 1.72. The summed E-state index contributed by atoms with van der Waals surface area (Å²) in [6.45, 7) is 6.15. The van der Waals surface area contributed by atoms with Crippen LogP contribution in [0.15, 0.2) is 0 Å². The Bertz CT molecular complexity index is 199. The Morgan fingerprint density at radius 3 is 2.31 bits per heavy atom. The first-order chi connectivity index (χ1) is 7.70. The lowest BCUT2D eigenvalue weighted by molar-refractivity contribution is 0.193. The molecule has 0 aliphatic heterocycles. The van der Waals surface area contributed by atoms with Crippen molar-refractivity contribution in [3.8, 4) is 0 Å². The Morgan fingerprint density at radius 1 is 1.06 bits per heavy atom. The third-order valence-electron chi connectivity index (χ3n) is 5.02. The minimum absolute atomic E-state index is 0.602. The van der Waals surface area contributed by atoms with Gasteiger partial charge in [-0.05, 0) is 43.9 Å². The van der Waals surface area contributed by atoms with Gasteiger partial charge in [0.15, 0.2) is 0 Å². The van der Waals surface area contributed by atoms with Crippen LogP contribution < -0.4 is 5.32 Å². The topological polar surface area (TPSA) is 12.0 Å². The third kappa shape index (κ3) is 3.23. The van der Waals surface area contributed by atoms with Crippen LogP contribution in [-0.4, -0.2) is 12.6 Å². The highest BCUT2D eigenvalue weighted by Crippen LogP contribution is 2.35. The third-order valence-corrected chi connectivity index (χ3v) is 5.02. The van der Waals surface area contributed by atoms with Crippen LogP contribution in [0.4, 0.5) is 0 Å². The first-order valence-corrected chi connectivity index (χ1v) is 7.43. The molecule has 1 N–H and O–H groups in total. The van der Waals surface area contributed by atoms with E-state index in [0.29, 0.717) is 5.41 Å². The molecule has 0 radical (unpaired) electrons. The van der Waals surface area contributed by atoms with Crippen LogP contribution >= 0.6 is 0 Å². The van der Waals surface area contributed by atoms with E-state index < -0.39 is 0 Å². The van der Waals surface area contributed by atoms with Crippen molar-refractivity contribution in [3.63, 3.8) is 0 Å². The van der Waals surface area contributed by atoms with Crippen molar-refractivity contribution in [1.29, 1.82) is 0 Å². The van der Waals surface area contributed by atoms with Gasteiger partial charge >= 0.3 is 0 Å². The monoisotopic (exact) mass is 223 g/mol. The van der Waals surface area contributed by atoms with Crippen LogP contribution in [0.25, 0.3) is 0 Å². The van der Waals surface area contributed by atoms with E-state index in [1.807, 2.05) is 0 Å². The van der Waals surface area contributed by atoms with Crippen LogP contribution in [0.5, 0.6) is 0 Å². The van der Waals surface area contributed by atoms with Gasteiger partial charge in [-0.3, -0.25) is 0 Å². The number of hydrogen-bond acceptors (Lipinski definition) is 1. The van der Waals surface area contributed by atoms with Crippen LogP contribution in [0, 0.1) is 11.3 Å². The largest absolute Gasteiger partial charge is 0.313 e. The predicted molar refractivity (Wildman–Crippen MR) is 70.6 cm³/mol. The molecule has 2 aliphatic carbocycles. The molecule has 0 aromatic rings. The van der Waals surface area contributed by atoms with E-state index in [2.05, 4.69) is 19.2 Å². The summed E-state index contributed by atoms with van der Waals surface area (Å²) in [6.07, 6.45) is 13.1. The van der Waals surface area contributed by atoms with E-state index in [-0.39, 0.29) is 0 Å². The highest BCUT2D eigenvalue weighted by Gasteiger charge is 2.28. The van der Waals surface area contributed by atoms with Crippen molar-refractivity contribution in [2.24, 2.45) is 11.3 Å². The SMILES string of the molecule is CC(NCC1(C)CCCCC1)C1CCCC1. The first kappa shape index (κ1) is 12.4. The molecular formula is C15H29N. The molecule has 2 rings (SSSR count). The lowest BCUT2D eigenvalue weighted by Gasteiger charge is -2.35. The Morgan fingerprint density at radius 2 is 1.69 bits per heavy atom. The fraction of sp³-hybridized carbons (Fsp3) is 1.00. The Kier molecular flexibility index (Phi) is 4.29. The molecule has 0 amide bonds. The predicted octanol–water partition coefficient (Wildman–Crippen LogP) is 4.13. The highest BCUT2D eigenvalue weighted by atomic mass is 14.9. The molecule has 2 fully saturated rings. The summed E-state index contributed by atoms with van der Waals surface area (Å²) in [5, 5.41) is 3.83. The molecule has 94 valence electrons. The number of hydrogen-bond donors (Lipinski definition) is 1. The zero-order chi connectivity index (χ0) is 11.4. The van der Waals surface area contributed by atoms with Gasteiger partial charge in [0, 0.05) is 12.6 Å². The molecule has 1 atom stereocenters. The van der Waals surface area contributed by atoms with Crippen molar-refractivity contribution in [2.45, 2.75) is 77.7 Å². The quantitative estimate of drug-likeness (QED) is 0.756. The average molecular weight is 223 g/mol. The van der Waals surface area contributed by atoms with Gasteiger partial charge in [-0.1, -0.05) is 39.0 Å². The maximum Gasteiger partial charge on any atom is 0.00672 e. The van der Waals surface area contributed by atoms with Crippen molar-refractivity contribution >= 4 is 0 Å². The lowest BCUT2D eigenvalue weighted by atomic mass is 9.75. The van der Waals surface area contributed by atoms with Crippen molar-refractivity contribution in [3.05, 3.63) is 0 Å². The van der Waals surface area contributed by atoms with Crippen molar-refractivity contribution in [1.82, 2.24) is 5.32 Å². The molecule has 2 aliphatic rings. The highest BCUT2D eigenvalue weighted by molar-refractivity contribution is 4.84. The number of rotatable bonds is 4. The van der Waals surface area contributed by atoms with Crippen LogP contribution in [0.2, 0.25) is 0 Å². The second kappa shape index (κ2) is 5.53.